The Kier molecular flexibility index (Phi) is 4.54. The van der Waals surface area contributed by atoms with Crippen LogP contribution in [-0.2, 0) is 0 Å². The topological polar surface area (TPSA) is 67.1 Å². The smallest absolute Gasteiger partial charge is 0.223 e. The van der Waals surface area contributed by atoms with E-state index in [-0.39, 0.29) is 0 Å². The molecule has 4 aromatic rings. The second kappa shape index (κ2) is 7.33. The molecule has 0 amide bonds. The summed E-state index contributed by atoms with van der Waals surface area (Å²) >= 11 is 1.63. The van der Waals surface area contributed by atoms with E-state index in [1.807, 2.05) is 12.3 Å². The second-order valence-electron chi connectivity index (χ2n) is 7.19. The minimum atomic E-state index is 0.367. The molecule has 142 valence electrons. The normalized spacial score (nSPS) is 17.1. The van der Waals surface area contributed by atoms with Gasteiger partial charge in [0.15, 0.2) is 4.96 Å². The van der Waals surface area contributed by atoms with E-state index in [9.17, 15) is 0 Å². The number of nitrogens with one attached hydrogen (secondary N) is 2. The molecule has 1 saturated heterocycles. The van der Waals surface area contributed by atoms with E-state index < -0.39 is 0 Å². The lowest BCUT2D eigenvalue weighted by atomic mass is 10.1. The van der Waals surface area contributed by atoms with Crippen molar-refractivity contribution in [3.05, 3.63) is 53.7 Å². The van der Waals surface area contributed by atoms with Gasteiger partial charge >= 0.3 is 0 Å². The highest BCUT2D eigenvalue weighted by Gasteiger charge is 2.19. The number of hydrogen-bond acceptors (Lipinski definition) is 6. The number of nitrogens with zero attached hydrogens (tertiary/aromatic N) is 4. The van der Waals surface area contributed by atoms with Crippen molar-refractivity contribution in [1.29, 1.82) is 0 Å². The Balaban J connectivity index is 1.58. The molecular formula is C21H22N6S. The van der Waals surface area contributed by atoms with Gasteiger partial charge in [0.2, 0.25) is 5.95 Å². The Hall–Kier alpha value is -2.77. The molecule has 0 saturated carbocycles. The van der Waals surface area contributed by atoms with Crippen LogP contribution in [0.25, 0.3) is 27.6 Å². The molecule has 7 heteroatoms. The second-order valence-corrected chi connectivity index (χ2v) is 8.06. The minimum absolute atomic E-state index is 0.367. The number of aryl methyl sites for hydroxylation is 1. The van der Waals surface area contributed by atoms with Crippen LogP contribution < -0.4 is 10.6 Å². The first kappa shape index (κ1) is 17.3. The van der Waals surface area contributed by atoms with Crippen LogP contribution in [0.5, 0.6) is 0 Å². The van der Waals surface area contributed by atoms with Crippen molar-refractivity contribution >= 4 is 22.2 Å². The first-order chi connectivity index (χ1) is 13.8. The Bertz CT molecular complexity index is 1110. The third-order valence-corrected chi connectivity index (χ3v) is 5.84. The summed E-state index contributed by atoms with van der Waals surface area (Å²) in [7, 11) is 0. The number of piperidine rings is 1. The Morgan fingerprint density at radius 3 is 3.07 bits per heavy atom. The highest BCUT2D eigenvalue weighted by Crippen LogP contribution is 2.33. The predicted molar refractivity (Wildman–Crippen MR) is 114 cm³/mol. The molecule has 0 radical (unpaired) electrons. The number of benzene rings is 1. The fourth-order valence-electron chi connectivity index (χ4n) is 3.74. The number of aromatic nitrogens is 4. The van der Waals surface area contributed by atoms with Gasteiger partial charge in [-0.15, -0.1) is 11.3 Å². The van der Waals surface area contributed by atoms with Crippen molar-refractivity contribution < 1.29 is 0 Å². The number of rotatable bonds is 4. The van der Waals surface area contributed by atoms with E-state index in [1.54, 1.807) is 11.3 Å². The molecule has 5 rings (SSSR count). The summed E-state index contributed by atoms with van der Waals surface area (Å²) < 4.78 is 2.12. The van der Waals surface area contributed by atoms with Crippen molar-refractivity contribution in [1.82, 2.24) is 24.7 Å². The van der Waals surface area contributed by atoms with Crippen molar-refractivity contribution in [2.75, 3.05) is 18.4 Å². The van der Waals surface area contributed by atoms with E-state index in [0.717, 1.165) is 47.1 Å². The van der Waals surface area contributed by atoms with Gasteiger partial charge in [-0.1, -0.05) is 23.8 Å². The van der Waals surface area contributed by atoms with Crippen LogP contribution in [0.2, 0.25) is 0 Å². The zero-order valence-electron chi connectivity index (χ0n) is 15.7. The molecule has 6 nitrogen and oxygen atoms in total. The zero-order valence-corrected chi connectivity index (χ0v) is 16.5. The van der Waals surface area contributed by atoms with E-state index in [2.05, 4.69) is 62.8 Å². The van der Waals surface area contributed by atoms with Crippen LogP contribution in [0.3, 0.4) is 0 Å². The van der Waals surface area contributed by atoms with Crippen molar-refractivity contribution in [2.45, 2.75) is 25.8 Å². The first-order valence-corrected chi connectivity index (χ1v) is 10.5. The maximum Gasteiger partial charge on any atom is 0.223 e. The Labute approximate surface area is 167 Å². The van der Waals surface area contributed by atoms with E-state index in [4.69, 9.17) is 9.97 Å². The predicted octanol–water partition coefficient (Wildman–Crippen LogP) is 3.99. The number of imidazole rings is 1. The maximum absolute atomic E-state index is 4.90. The fourth-order valence-corrected chi connectivity index (χ4v) is 4.46. The monoisotopic (exact) mass is 390 g/mol. The molecule has 1 aliphatic rings. The Morgan fingerprint density at radius 2 is 2.21 bits per heavy atom. The quantitative estimate of drug-likeness (QED) is 0.551. The summed E-state index contributed by atoms with van der Waals surface area (Å²) in [5.41, 5.74) is 5.17. The van der Waals surface area contributed by atoms with Crippen LogP contribution in [0.1, 0.15) is 18.4 Å². The summed E-state index contributed by atoms with van der Waals surface area (Å²) in [6, 6.07) is 10.8. The summed E-state index contributed by atoms with van der Waals surface area (Å²) in [5.74, 6) is 0.673. The molecule has 1 atom stereocenters. The highest BCUT2D eigenvalue weighted by atomic mass is 32.1. The van der Waals surface area contributed by atoms with Gasteiger partial charge in [0.1, 0.15) is 5.69 Å². The van der Waals surface area contributed by atoms with E-state index in [1.165, 1.54) is 12.0 Å². The molecule has 0 spiro atoms. The molecule has 4 heterocycles. The van der Waals surface area contributed by atoms with Gasteiger partial charge in [-0.2, -0.15) is 0 Å². The molecule has 0 unspecified atom stereocenters. The molecule has 2 N–H and O–H groups in total. The molecular weight excluding hydrogens is 368 g/mol. The van der Waals surface area contributed by atoms with Crippen LogP contribution >= 0.6 is 11.3 Å². The van der Waals surface area contributed by atoms with Gasteiger partial charge in [0.25, 0.3) is 0 Å². The van der Waals surface area contributed by atoms with Crippen molar-refractivity contribution in [3.8, 4) is 22.6 Å². The van der Waals surface area contributed by atoms with E-state index in [0.29, 0.717) is 12.0 Å². The maximum atomic E-state index is 4.90. The van der Waals surface area contributed by atoms with Crippen molar-refractivity contribution in [3.63, 3.8) is 0 Å². The summed E-state index contributed by atoms with van der Waals surface area (Å²) in [6.45, 7) is 4.14. The Morgan fingerprint density at radius 1 is 1.25 bits per heavy atom. The standard InChI is InChI=1S/C21H22N6S/c1-14-4-2-5-15(12-14)18-19(27-10-11-28-21(27)26-18)17-7-9-23-20(25-17)24-16-6-3-8-22-13-16/h2,4-5,7,9-12,16,22H,3,6,8,13H2,1H3,(H,23,24,25)/t16-/m1/s1. The first-order valence-electron chi connectivity index (χ1n) is 9.61. The number of thiazole rings is 1. The number of hydrogen-bond donors (Lipinski definition) is 2. The van der Waals surface area contributed by atoms with Crippen LogP contribution in [0.15, 0.2) is 48.1 Å². The molecule has 28 heavy (non-hydrogen) atoms. The number of fused-ring (bicyclic) bond motifs is 1. The third kappa shape index (κ3) is 3.27. The lowest BCUT2D eigenvalue weighted by Gasteiger charge is -2.23. The summed E-state index contributed by atoms with van der Waals surface area (Å²) in [4.78, 5) is 15.2. The largest absolute Gasteiger partial charge is 0.350 e. The lowest BCUT2D eigenvalue weighted by Crippen LogP contribution is -2.38. The molecule has 0 bridgehead atoms. The molecule has 3 aromatic heterocycles. The highest BCUT2D eigenvalue weighted by molar-refractivity contribution is 7.15. The van der Waals surface area contributed by atoms with Gasteiger partial charge in [-0.25, -0.2) is 15.0 Å². The van der Waals surface area contributed by atoms with Gasteiger partial charge < -0.3 is 10.6 Å². The van der Waals surface area contributed by atoms with Crippen LogP contribution in [-0.4, -0.2) is 38.5 Å². The molecule has 1 aliphatic heterocycles. The summed E-state index contributed by atoms with van der Waals surface area (Å²) in [6.07, 6.45) is 6.19. The van der Waals surface area contributed by atoms with Crippen LogP contribution in [0, 0.1) is 6.92 Å². The van der Waals surface area contributed by atoms with E-state index >= 15 is 0 Å². The molecule has 1 fully saturated rings. The minimum Gasteiger partial charge on any atom is -0.350 e. The van der Waals surface area contributed by atoms with Crippen molar-refractivity contribution in [2.24, 2.45) is 0 Å². The van der Waals surface area contributed by atoms with Crippen LogP contribution in [0.4, 0.5) is 5.95 Å². The van der Waals surface area contributed by atoms with Gasteiger partial charge in [0.05, 0.1) is 11.4 Å². The molecule has 1 aromatic carbocycles. The average molecular weight is 391 g/mol. The van der Waals surface area contributed by atoms with Gasteiger partial charge in [-0.3, -0.25) is 4.40 Å². The fraction of sp³-hybridized carbons (Fsp3) is 0.286. The SMILES string of the molecule is Cc1cccc(-c2nc3sccn3c2-c2ccnc(N[C@@H]3CCCNC3)n2)c1. The summed E-state index contributed by atoms with van der Waals surface area (Å²) in [5, 5.41) is 8.96. The molecule has 0 aliphatic carbocycles. The zero-order chi connectivity index (χ0) is 18.9. The third-order valence-electron chi connectivity index (χ3n) is 5.08. The number of anilines is 1. The van der Waals surface area contributed by atoms with Gasteiger partial charge in [0, 0.05) is 35.9 Å². The average Bonchev–Trinajstić information content (AvgIpc) is 3.30. The lowest BCUT2D eigenvalue weighted by molar-refractivity contribution is 0.478. The van der Waals surface area contributed by atoms with Gasteiger partial charge in [-0.05, 0) is 38.4 Å².